The number of halogens is 2. The van der Waals surface area contributed by atoms with Crippen molar-refractivity contribution >= 4 is 34.9 Å². The summed E-state index contributed by atoms with van der Waals surface area (Å²) >= 11 is 12.2. The summed E-state index contributed by atoms with van der Waals surface area (Å²) < 4.78 is 13.1. The predicted octanol–water partition coefficient (Wildman–Crippen LogP) is 6.96. The second-order valence-electron chi connectivity index (χ2n) is 8.93. The SMILES string of the molecule is CC(C)(C)c1ccc(OCc2ccc(C(=O)Nc3nn(Cc4ccc(Cl)cc4)cc3Cl)o2)cc1. The Morgan fingerprint density at radius 3 is 2.41 bits per heavy atom. The second-order valence-corrected chi connectivity index (χ2v) is 9.78. The number of nitrogens with one attached hydrogen (secondary N) is 1. The van der Waals surface area contributed by atoms with Crippen LogP contribution in [0.15, 0.2) is 71.3 Å². The van der Waals surface area contributed by atoms with E-state index in [1.54, 1.807) is 23.0 Å². The van der Waals surface area contributed by atoms with Crippen LogP contribution in [0.25, 0.3) is 0 Å². The first kappa shape index (κ1) is 23.9. The smallest absolute Gasteiger partial charge is 0.292 e. The minimum atomic E-state index is -0.445. The molecule has 1 N–H and O–H groups in total. The second kappa shape index (κ2) is 9.95. The molecule has 2 aromatic carbocycles. The molecule has 2 aromatic heterocycles. The van der Waals surface area contributed by atoms with Crippen LogP contribution in [0.2, 0.25) is 10.0 Å². The van der Waals surface area contributed by atoms with E-state index in [1.165, 1.54) is 5.56 Å². The van der Waals surface area contributed by atoms with Crippen LogP contribution in [0.5, 0.6) is 5.75 Å². The summed E-state index contributed by atoms with van der Waals surface area (Å²) in [5.74, 6) is 1.22. The fourth-order valence-electron chi connectivity index (χ4n) is 3.29. The Morgan fingerprint density at radius 2 is 1.74 bits per heavy atom. The number of ether oxygens (including phenoxy) is 1. The third-order valence-corrected chi connectivity index (χ3v) is 5.72. The van der Waals surface area contributed by atoms with Crippen LogP contribution < -0.4 is 10.1 Å². The maximum Gasteiger partial charge on any atom is 0.292 e. The molecule has 0 aliphatic rings. The zero-order chi connectivity index (χ0) is 24.3. The molecule has 0 radical (unpaired) electrons. The number of benzene rings is 2. The van der Waals surface area contributed by atoms with Crippen LogP contribution in [0.4, 0.5) is 5.82 Å². The van der Waals surface area contributed by atoms with Gasteiger partial charge in [0.05, 0.1) is 6.54 Å². The summed E-state index contributed by atoms with van der Waals surface area (Å²) in [5.41, 5.74) is 2.31. The van der Waals surface area contributed by atoms with Crippen molar-refractivity contribution in [2.45, 2.75) is 39.3 Å². The van der Waals surface area contributed by atoms with Gasteiger partial charge < -0.3 is 14.5 Å². The standard InChI is InChI=1S/C26H25Cl2N3O3/c1-26(2,3)18-6-10-20(11-7-18)33-16-21-12-13-23(34-21)25(32)29-24-22(28)15-31(30-24)14-17-4-8-19(27)9-5-17/h4-13,15H,14,16H2,1-3H3,(H,29,30,32). The molecular formula is C26H25Cl2N3O3. The number of rotatable bonds is 7. The molecule has 8 heteroatoms. The molecule has 176 valence electrons. The van der Waals surface area contributed by atoms with Gasteiger partial charge in [0.25, 0.3) is 5.91 Å². The Bertz CT molecular complexity index is 1270. The maximum atomic E-state index is 12.6. The molecule has 0 atom stereocenters. The highest BCUT2D eigenvalue weighted by atomic mass is 35.5. The number of amides is 1. The van der Waals surface area contributed by atoms with E-state index in [9.17, 15) is 4.79 Å². The largest absolute Gasteiger partial charge is 0.486 e. The first-order chi connectivity index (χ1) is 16.2. The molecule has 4 aromatic rings. The summed E-state index contributed by atoms with van der Waals surface area (Å²) in [5, 5.41) is 8.04. The minimum absolute atomic E-state index is 0.0797. The number of carbonyl (C=O) groups is 1. The van der Waals surface area contributed by atoms with Crippen LogP contribution in [0.3, 0.4) is 0 Å². The Hall–Kier alpha value is -3.22. The molecule has 0 aliphatic carbocycles. The molecule has 0 spiro atoms. The Morgan fingerprint density at radius 1 is 1.03 bits per heavy atom. The highest BCUT2D eigenvalue weighted by molar-refractivity contribution is 6.33. The van der Waals surface area contributed by atoms with Gasteiger partial charge in [-0.1, -0.05) is 68.2 Å². The van der Waals surface area contributed by atoms with Crippen molar-refractivity contribution in [3.8, 4) is 5.75 Å². The quantitative estimate of drug-likeness (QED) is 0.299. The third-order valence-electron chi connectivity index (χ3n) is 5.19. The fourth-order valence-corrected chi connectivity index (χ4v) is 3.62. The molecule has 0 bridgehead atoms. The summed E-state index contributed by atoms with van der Waals surface area (Å²) in [6.45, 7) is 7.19. The van der Waals surface area contributed by atoms with Gasteiger partial charge >= 0.3 is 0 Å². The summed E-state index contributed by atoms with van der Waals surface area (Å²) in [6.07, 6.45) is 1.65. The lowest BCUT2D eigenvalue weighted by Crippen LogP contribution is -2.12. The Labute approximate surface area is 208 Å². The zero-order valence-electron chi connectivity index (χ0n) is 19.1. The predicted molar refractivity (Wildman–Crippen MR) is 134 cm³/mol. The number of hydrogen-bond donors (Lipinski definition) is 1. The number of anilines is 1. The topological polar surface area (TPSA) is 69.3 Å². The molecule has 0 unspecified atom stereocenters. The summed E-state index contributed by atoms with van der Waals surface area (Å²) in [4.78, 5) is 12.6. The summed E-state index contributed by atoms with van der Waals surface area (Å²) in [7, 11) is 0. The lowest BCUT2D eigenvalue weighted by Gasteiger charge is -2.19. The molecule has 4 rings (SSSR count). The number of furan rings is 1. The van der Waals surface area contributed by atoms with E-state index in [4.69, 9.17) is 32.4 Å². The average Bonchev–Trinajstić information content (AvgIpc) is 3.40. The van der Waals surface area contributed by atoms with E-state index in [2.05, 4.69) is 31.2 Å². The minimum Gasteiger partial charge on any atom is -0.486 e. The van der Waals surface area contributed by atoms with Crippen LogP contribution in [-0.2, 0) is 18.6 Å². The van der Waals surface area contributed by atoms with E-state index in [-0.39, 0.29) is 23.6 Å². The number of hydrogen-bond acceptors (Lipinski definition) is 4. The van der Waals surface area contributed by atoms with Crippen molar-refractivity contribution in [3.05, 3.63) is 99.6 Å². The van der Waals surface area contributed by atoms with Crippen molar-refractivity contribution in [1.29, 1.82) is 0 Å². The fraction of sp³-hybridized carbons (Fsp3) is 0.231. The average molecular weight is 498 g/mol. The van der Waals surface area contributed by atoms with E-state index in [0.29, 0.717) is 22.4 Å². The monoisotopic (exact) mass is 497 g/mol. The van der Waals surface area contributed by atoms with Crippen LogP contribution in [0.1, 0.15) is 48.2 Å². The normalized spacial score (nSPS) is 11.4. The van der Waals surface area contributed by atoms with Crippen molar-refractivity contribution < 1.29 is 13.9 Å². The third kappa shape index (κ3) is 6.01. The first-order valence-corrected chi connectivity index (χ1v) is 11.5. The first-order valence-electron chi connectivity index (χ1n) is 10.8. The van der Waals surface area contributed by atoms with Gasteiger partial charge in [0.1, 0.15) is 23.1 Å². The van der Waals surface area contributed by atoms with Gasteiger partial charge in [0.15, 0.2) is 11.6 Å². The molecule has 0 aliphatic heterocycles. The Kier molecular flexibility index (Phi) is 7.00. The lowest BCUT2D eigenvalue weighted by molar-refractivity contribution is 0.0992. The molecule has 6 nitrogen and oxygen atoms in total. The maximum absolute atomic E-state index is 12.6. The van der Waals surface area contributed by atoms with E-state index >= 15 is 0 Å². The Balaban J connectivity index is 1.34. The van der Waals surface area contributed by atoms with Gasteiger partial charge in [-0.2, -0.15) is 5.10 Å². The lowest BCUT2D eigenvalue weighted by atomic mass is 9.87. The van der Waals surface area contributed by atoms with Crippen molar-refractivity contribution in [3.63, 3.8) is 0 Å². The molecule has 34 heavy (non-hydrogen) atoms. The highest BCUT2D eigenvalue weighted by Gasteiger charge is 2.17. The summed E-state index contributed by atoms with van der Waals surface area (Å²) in [6, 6.07) is 18.7. The van der Waals surface area contributed by atoms with Crippen molar-refractivity contribution in [2.24, 2.45) is 0 Å². The van der Waals surface area contributed by atoms with E-state index in [0.717, 1.165) is 11.3 Å². The molecule has 0 saturated heterocycles. The molecule has 0 saturated carbocycles. The van der Waals surface area contributed by atoms with Gasteiger partial charge in [-0.25, -0.2) is 0 Å². The number of nitrogens with zero attached hydrogens (tertiary/aromatic N) is 2. The van der Waals surface area contributed by atoms with Gasteiger partial charge in [-0.05, 0) is 52.9 Å². The zero-order valence-corrected chi connectivity index (χ0v) is 20.7. The van der Waals surface area contributed by atoms with Crippen LogP contribution in [-0.4, -0.2) is 15.7 Å². The van der Waals surface area contributed by atoms with Crippen molar-refractivity contribution in [1.82, 2.24) is 9.78 Å². The number of aromatic nitrogens is 2. The highest BCUT2D eigenvalue weighted by Crippen LogP contribution is 2.25. The molecule has 2 heterocycles. The molecule has 0 fully saturated rings. The molecular weight excluding hydrogens is 473 g/mol. The van der Waals surface area contributed by atoms with Gasteiger partial charge in [0.2, 0.25) is 0 Å². The number of carbonyl (C=O) groups excluding carboxylic acids is 1. The van der Waals surface area contributed by atoms with E-state index < -0.39 is 5.91 Å². The van der Waals surface area contributed by atoms with E-state index in [1.807, 2.05) is 48.5 Å². The van der Waals surface area contributed by atoms with Crippen molar-refractivity contribution in [2.75, 3.05) is 5.32 Å². The van der Waals surface area contributed by atoms with Gasteiger partial charge in [-0.3, -0.25) is 9.48 Å². The molecule has 1 amide bonds. The van der Waals surface area contributed by atoms with Gasteiger partial charge in [0, 0.05) is 11.2 Å². The van der Waals surface area contributed by atoms with Gasteiger partial charge in [-0.15, -0.1) is 0 Å². The van der Waals surface area contributed by atoms with Crippen LogP contribution in [0, 0.1) is 0 Å². The van der Waals surface area contributed by atoms with Crippen LogP contribution >= 0.6 is 23.2 Å².